The molecule has 1 aliphatic carbocycles. The number of rotatable bonds is 5. The van der Waals surface area contributed by atoms with Crippen LogP contribution in [0.1, 0.15) is 52.0 Å². The van der Waals surface area contributed by atoms with Gasteiger partial charge in [0.2, 0.25) is 0 Å². The molecule has 2 amide bonds. The summed E-state index contributed by atoms with van der Waals surface area (Å²) in [5.74, 6) is 1.57. The third kappa shape index (κ3) is 6.12. The molecule has 2 N–H and O–H groups in total. The molecule has 1 saturated carbocycles. The average molecular weight is 318 g/mol. The van der Waals surface area contributed by atoms with E-state index in [-0.39, 0.29) is 6.03 Å². The Morgan fingerprint density at radius 1 is 1.22 bits per heavy atom. The number of carbonyl (C=O) groups excluding carboxylic acids is 1. The third-order valence-corrected chi connectivity index (χ3v) is 4.39. The summed E-state index contributed by atoms with van der Waals surface area (Å²) in [6, 6.07) is 7.99. The van der Waals surface area contributed by atoms with Gasteiger partial charge in [-0.2, -0.15) is 0 Å². The van der Waals surface area contributed by atoms with Gasteiger partial charge >= 0.3 is 6.03 Å². The molecule has 0 aromatic heterocycles. The average Bonchev–Trinajstić information content (AvgIpc) is 2.90. The second-order valence-corrected chi connectivity index (χ2v) is 7.82. The lowest BCUT2D eigenvalue weighted by Crippen LogP contribution is -2.40. The second kappa shape index (κ2) is 7.71. The molecular weight excluding hydrogens is 288 g/mol. The molecule has 1 aliphatic rings. The first-order valence-corrected chi connectivity index (χ1v) is 8.53. The molecule has 0 radical (unpaired) electrons. The molecule has 2 unspecified atom stereocenters. The summed E-state index contributed by atoms with van der Waals surface area (Å²) in [6.45, 7) is 7.40. The fraction of sp³-hybridized carbons (Fsp3) is 0.632. The van der Waals surface area contributed by atoms with E-state index < -0.39 is 0 Å². The highest BCUT2D eigenvalue weighted by Crippen LogP contribution is 2.35. The van der Waals surface area contributed by atoms with Crippen molar-refractivity contribution in [2.45, 2.75) is 59.0 Å². The maximum Gasteiger partial charge on any atom is 0.315 e. The molecule has 23 heavy (non-hydrogen) atoms. The van der Waals surface area contributed by atoms with E-state index in [1.165, 1.54) is 12.8 Å². The molecule has 1 aromatic carbocycles. The Morgan fingerprint density at radius 2 is 1.91 bits per heavy atom. The van der Waals surface area contributed by atoms with Gasteiger partial charge in [0.15, 0.2) is 0 Å². The van der Waals surface area contributed by atoms with Crippen molar-refractivity contribution in [3.63, 3.8) is 0 Å². The van der Waals surface area contributed by atoms with Crippen molar-refractivity contribution >= 4 is 6.03 Å². The molecule has 0 bridgehead atoms. The number of urea groups is 1. The minimum Gasteiger partial charge on any atom is -0.497 e. The molecule has 1 aromatic rings. The van der Waals surface area contributed by atoms with Crippen molar-refractivity contribution in [1.29, 1.82) is 0 Å². The maximum atomic E-state index is 12.0. The number of ether oxygens (including phenoxy) is 1. The van der Waals surface area contributed by atoms with Gasteiger partial charge in [-0.15, -0.1) is 0 Å². The lowest BCUT2D eigenvalue weighted by molar-refractivity contribution is 0.235. The minimum atomic E-state index is -0.0674. The zero-order chi connectivity index (χ0) is 16.9. The Hall–Kier alpha value is -1.71. The van der Waals surface area contributed by atoms with Crippen molar-refractivity contribution in [3.8, 4) is 5.75 Å². The Balaban J connectivity index is 1.70. The van der Waals surface area contributed by atoms with Gasteiger partial charge in [-0.1, -0.05) is 32.9 Å². The Bertz CT molecular complexity index is 505. The van der Waals surface area contributed by atoms with E-state index in [1.807, 2.05) is 24.3 Å². The van der Waals surface area contributed by atoms with E-state index in [1.54, 1.807) is 7.11 Å². The molecule has 4 nitrogen and oxygen atoms in total. The molecule has 0 heterocycles. The molecule has 2 rings (SSSR count). The highest BCUT2D eigenvalue weighted by molar-refractivity contribution is 5.74. The minimum absolute atomic E-state index is 0.0674. The summed E-state index contributed by atoms with van der Waals surface area (Å²) in [7, 11) is 1.65. The molecule has 0 spiro atoms. The number of amides is 2. The first kappa shape index (κ1) is 17.6. The van der Waals surface area contributed by atoms with Gasteiger partial charge in [-0.05, 0) is 54.7 Å². The number of nitrogens with one attached hydrogen (secondary N) is 2. The van der Waals surface area contributed by atoms with Gasteiger partial charge in [-0.25, -0.2) is 4.79 Å². The first-order chi connectivity index (χ1) is 10.9. The number of benzene rings is 1. The summed E-state index contributed by atoms with van der Waals surface area (Å²) < 4.78 is 5.13. The fourth-order valence-electron chi connectivity index (χ4n) is 3.42. The number of hydrogen-bond donors (Lipinski definition) is 2. The topological polar surface area (TPSA) is 50.4 Å². The SMILES string of the molecule is COc1ccc(CNC(=O)NC2CCC(CC(C)(C)C)C2)cc1. The van der Waals surface area contributed by atoms with E-state index >= 15 is 0 Å². The standard InChI is InChI=1S/C19H30N2O2/c1-19(2,3)12-15-5-8-16(11-15)21-18(22)20-13-14-6-9-17(23-4)10-7-14/h6-7,9-10,15-16H,5,8,11-13H2,1-4H3,(H2,20,21,22). The van der Waals surface area contributed by atoms with Gasteiger partial charge in [-0.3, -0.25) is 0 Å². The van der Waals surface area contributed by atoms with Gasteiger partial charge in [0.05, 0.1) is 7.11 Å². The van der Waals surface area contributed by atoms with Crippen molar-refractivity contribution in [2.24, 2.45) is 11.3 Å². The lowest BCUT2D eigenvalue weighted by atomic mass is 9.84. The zero-order valence-corrected chi connectivity index (χ0v) is 14.8. The maximum absolute atomic E-state index is 12.0. The largest absolute Gasteiger partial charge is 0.497 e. The number of methoxy groups -OCH3 is 1. The van der Waals surface area contributed by atoms with Gasteiger partial charge in [0.1, 0.15) is 5.75 Å². The molecule has 2 atom stereocenters. The van der Waals surface area contributed by atoms with E-state index in [0.29, 0.717) is 18.0 Å². The monoisotopic (exact) mass is 318 g/mol. The molecule has 128 valence electrons. The summed E-state index contributed by atoms with van der Waals surface area (Å²) >= 11 is 0. The van der Waals surface area contributed by atoms with Crippen molar-refractivity contribution in [1.82, 2.24) is 10.6 Å². The van der Waals surface area contributed by atoms with E-state index in [9.17, 15) is 4.79 Å². The first-order valence-electron chi connectivity index (χ1n) is 8.53. The van der Waals surface area contributed by atoms with Gasteiger partial charge < -0.3 is 15.4 Å². The summed E-state index contributed by atoms with van der Waals surface area (Å²) in [5, 5.41) is 6.05. The third-order valence-electron chi connectivity index (χ3n) is 4.39. The Kier molecular flexibility index (Phi) is 5.91. The van der Waals surface area contributed by atoms with Crippen molar-refractivity contribution in [3.05, 3.63) is 29.8 Å². The van der Waals surface area contributed by atoms with Crippen LogP contribution < -0.4 is 15.4 Å². The van der Waals surface area contributed by atoms with Crippen molar-refractivity contribution in [2.75, 3.05) is 7.11 Å². The Labute approximate surface area is 140 Å². The summed E-state index contributed by atoms with van der Waals surface area (Å²) in [5.41, 5.74) is 1.44. The lowest BCUT2D eigenvalue weighted by Gasteiger charge is -2.23. The predicted octanol–water partition coefficient (Wildman–Crippen LogP) is 4.10. The zero-order valence-electron chi connectivity index (χ0n) is 14.8. The van der Waals surface area contributed by atoms with Crippen LogP contribution in [0, 0.1) is 11.3 Å². The Morgan fingerprint density at radius 3 is 2.52 bits per heavy atom. The molecule has 1 fully saturated rings. The molecule has 4 heteroatoms. The highest BCUT2D eigenvalue weighted by Gasteiger charge is 2.28. The summed E-state index contributed by atoms with van der Waals surface area (Å²) in [4.78, 5) is 12.0. The molecular formula is C19H30N2O2. The second-order valence-electron chi connectivity index (χ2n) is 7.82. The van der Waals surface area contributed by atoms with Crippen LogP contribution in [0.4, 0.5) is 4.79 Å². The highest BCUT2D eigenvalue weighted by atomic mass is 16.5. The van der Waals surface area contributed by atoms with Gasteiger partial charge in [0.25, 0.3) is 0 Å². The van der Waals surface area contributed by atoms with Crippen LogP contribution in [0.5, 0.6) is 5.75 Å². The van der Waals surface area contributed by atoms with Crippen LogP contribution in [0.25, 0.3) is 0 Å². The number of hydrogen-bond acceptors (Lipinski definition) is 2. The van der Waals surface area contributed by atoms with E-state index in [2.05, 4.69) is 31.4 Å². The fourth-order valence-corrected chi connectivity index (χ4v) is 3.42. The smallest absolute Gasteiger partial charge is 0.315 e. The van der Waals surface area contributed by atoms with Crippen LogP contribution in [0.15, 0.2) is 24.3 Å². The summed E-state index contributed by atoms with van der Waals surface area (Å²) in [6.07, 6.45) is 4.66. The van der Waals surface area contributed by atoms with E-state index in [0.717, 1.165) is 30.1 Å². The van der Waals surface area contributed by atoms with Crippen LogP contribution in [0.3, 0.4) is 0 Å². The van der Waals surface area contributed by atoms with Crippen LogP contribution in [-0.2, 0) is 6.54 Å². The van der Waals surface area contributed by atoms with E-state index in [4.69, 9.17) is 4.74 Å². The van der Waals surface area contributed by atoms with Crippen LogP contribution in [-0.4, -0.2) is 19.2 Å². The number of carbonyl (C=O) groups is 1. The normalized spacial score (nSPS) is 21.0. The molecule has 0 saturated heterocycles. The predicted molar refractivity (Wildman–Crippen MR) is 93.6 cm³/mol. The quantitative estimate of drug-likeness (QED) is 0.859. The van der Waals surface area contributed by atoms with Gasteiger partial charge in [0, 0.05) is 12.6 Å². The van der Waals surface area contributed by atoms with Crippen molar-refractivity contribution < 1.29 is 9.53 Å². The molecule has 0 aliphatic heterocycles. The van der Waals surface area contributed by atoms with Crippen LogP contribution in [0.2, 0.25) is 0 Å². The van der Waals surface area contributed by atoms with Crippen LogP contribution >= 0.6 is 0 Å².